The van der Waals surface area contributed by atoms with Crippen LogP contribution in [0.1, 0.15) is 10.4 Å². The van der Waals surface area contributed by atoms with Gasteiger partial charge in [0, 0.05) is 26.2 Å². The average molecular weight is 360 g/mol. The fourth-order valence-electron chi connectivity index (χ4n) is 2.85. The fraction of sp³-hybridized carbons (Fsp3) is 0.294. The Morgan fingerprint density at radius 2 is 1.88 bits per heavy atom. The van der Waals surface area contributed by atoms with Crippen LogP contribution in [0.15, 0.2) is 35.7 Å². The predicted octanol–water partition coefficient (Wildman–Crippen LogP) is 1.31. The van der Waals surface area contributed by atoms with Crippen molar-refractivity contribution in [3.8, 4) is 5.75 Å². The molecule has 0 spiro atoms. The lowest BCUT2D eigenvalue weighted by Gasteiger charge is -2.35. The second-order valence-electron chi connectivity index (χ2n) is 5.83. The molecule has 2 heterocycles. The molecule has 25 heavy (non-hydrogen) atoms. The van der Waals surface area contributed by atoms with Gasteiger partial charge in [-0.05, 0) is 23.6 Å². The van der Waals surface area contributed by atoms with Crippen LogP contribution < -0.4 is 16.0 Å². The van der Waals surface area contributed by atoms with Crippen molar-refractivity contribution in [2.24, 2.45) is 5.73 Å². The first-order valence-corrected chi connectivity index (χ1v) is 8.85. The van der Waals surface area contributed by atoms with Gasteiger partial charge in [0.05, 0.1) is 17.8 Å². The lowest BCUT2D eigenvalue weighted by Crippen LogP contribution is -2.48. The molecule has 8 heteroatoms. The van der Waals surface area contributed by atoms with E-state index in [9.17, 15) is 14.7 Å². The van der Waals surface area contributed by atoms with Crippen LogP contribution in [-0.4, -0.2) is 54.5 Å². The molecule has 1 aliphatic rings. The van der Waals surface area contributed by atoms with E-state index < -0.39 is 5.91 Å². The van der Waals surface area contributed by atoms with E-state index in [0.717, 1.165) is 31.9 Å². The standard InChI is InChI=1S/C17H20N4O3S/c18-16(24)12-5-10-25-17(12)19-15(23)11-20-6-8-21(9-7-20)13-3-1-2-4-14(13)22/h1-5,10,22H,6-9,11H2,(H2,18,24)(H,19,23). The van der Waals surface area contributed by atoms with Crippen molar-refractivity contribution in [2.75, 3.05) is 42.9 Å². The zero-order valence-corrected chi connectivity index (χ0v) is 14.5. The summed E-state index contributed by atoms with van der Waals surface area (Å²) in [4.78, 5) is 27.7. The van der Waals surface area contributed by atoms with Gasteiger partial charge in [-0.1, -0.05) is 12.1 Å². The maximum Gasteiger partial charge on any atom is 0.251 e. The number of thiophene rings is 1. The highest BCUT2D eigenvalue weighted by atomic mass is 32.1. The molecular formula is C17H20N4O3S. The molecule has 132 valence electrons. The molecule has 1 aliphatic heterocycles. The highest BCUT2D eigenvalue weighted by Gasteiger charge is 2.21. The van der Waals surface area contributed by atoms with Crippen molar-refractivity contribution in [3.63, 3.8) is 0 Å². The molecule has 1 aromatic heterocycles. The third kappa shape index (κ3) is 4.09. The van der Waals surface area contributed by atoms with Crippen LogP contribution in [0, 0.1) is 0 Å². The second-order valence-corrected chi connectivity index (χ2v) is 6.74. The number of rotatable bonds is 5. The van der Waals surface area contributed by atoms with Gasteiger partial charge in [-0.3, -0.25) is 14.5 Å². The minimum atomic E-state index is -0.548. The number of nitrogens with two attached hydrogens (primary N) is 1. The molecule has 1 fully saturated rings. The van der Waals surface area contributed by atoms with Gasteiger partial charge in [0.25, 0.3) is 5.91 Å². The van der Waals surface area contributed by atoms with Crippen LogP contribution in [-0.2, 0) is 4.79 Å². The van der Waals surface area contributed by atoms with Crippen molar-refractivity contribution in [3.05, 3.63) is 41.3 Å². The van der Waals surface area contributed by atoms with Gasteiger partial charge in [-0.25, -0.2) is 0 Å². The fourth-order valence-corrected chi connectivity index (χ4v) is 3.66. The van der Waals surface area contributed by atoms with Crippen LogP contribution in [0.4, 0.5) is 10.7 Å². The Labute approximate surface area is 149 Å². The van der Waals surface area contributed by atoms with Gasteiger partial charge in [0.2, 0.25) is 5.91 Å². The van der Waals surface area contributed by atoms with Gasteiger partial charge in [-0.15, -0.1) is 11.3 Å². The number of benzene rings is 1. The molecule has 0 radical (unpaired) electrons. The predicted molar refractivity (Wildman–Crippen MR) is 98.2 cm³/mol. The van der Waals surface area contributed by atoms with Gasteiger partial charge >= 0.3 is 0 Å². The molecule has 4 N–H and O–H groups in total. The molecule has 0 saturated carbocycles. The molecule has 0 unspecified atom stereocenters. The van der Waals surface area contributed by atoms with Crippen molar-refractivity contribution < 1.29 is 14.7 Å². The number of primary amides is 1. The minimum absolute atomic E-state index is 0.166. The summed E-state index contributed by atoms with van der Waals surface area (Å²) in [5.74, 6) is -0.445. The number of anilines is 2. The normalized spacial score (nSPS) is 15.1. The SMILES string of the molecule is NC(=O)c1ccsc1NC(=O)CN1CCN(c2ccccc2O)CC1. The summed E-state index contributed by atoms with van der Waals surface area (Å²) in [6.45, 7) is 3.15. The highest BCUT2D eigenvalue weighted by Crippen LogP contribution is 2.27. The zero-order valence-electron chi connectivity index (χ0n) is 13.6. The molecule has 2 aromatic rings. The quantitative estimate of drug-likeness (QED) is 0.747. The summed E-state index contributed by atoms with van der Waals surface area (Å²) in [6.07, 6.45) is 0. The van der Waals surface area contributed by atoms with E-state index in [2.05, 4.69) is 10.2 Å². The number of aromatic hydroxyl groups is 1. The van der Waals surface area contributed by atoms with Crippen molar-refractivity contribution in [1.82, 2.24) is 4.90 Å². The summed E-state index contributed by atoms with van der Waals surface area (Å²) in [7, 11) is 0. The Morgan fingerprint density at radius 3 is 2.56 bits per heavy atom. The number of hydrogen-bond donors (Lipinski definition) is 3. The first-order valence-electron chi connectivity index (χ1n) is 7.97. The third-order valence-electron chi connectivity index (χ3n) is 4.15. The number of phenols is 1. The molecule has 2 amide bonds. The summed E-state index contributed by atoms with van der Waals surface area (Å²) in [5, 5.41) is 14.9. The number of hydrogen-bond acceptors (Lipinski definition) is 6. The van der Waals surface area contributed by atoms with E-state index in [-0.39, 0.29) is 18.2 Å². The van der Waals surface area contributed by atoms with Crippen molar-refractivity contribution in [2.45, 2.75) is 0 Å². The number of carbonyl (C=O) groups excluding carboxylic acids is 2. The molecular weight excluding hydrogens is 340 g/mol. The topological polar surface area (TPSA) is 98.9 Å². The highest BCUT2D eigenvalue weighted by molar-refractivity contribution is 7.14. The first kappa shape index (κ1) is 17.2. The number of amides is 2. The van der Waals surface area contributed by atoms with Crippen LogP contribution in [0.5, 0.6) is 5.75 Å². The molecule has 0 bridgehead atoms. The van der Waals surface area contributed by atoms with Crippen molar-refractivity contribution in [1.29, 1.82) is 0 Å². The maximum atomic E-state index is 12.2. The summed E-state index contributed by atoms with van der Waals surface area (Å²) in [5.41, 5.74) is 6.43. The van der Waals surface area contributed by atoms with Crippen LogP contribution in [0.25, 0.3) is 0 Å². The average Bonchev–Trinajstić information content (AvgIpc) is 3.04. The lowest BCUT2D eigenvalue weighted by atomic mass is 10.2. The number of nitrogens with one attached hydrogen (secondary N) is 1. The number of nitrogens with zero attached hydrogens (tertiary/aromatic N) is 2. The van der Waals surface area contributed by atoms with Crippen LogP contribution >= 0.6 is 11.3 Å². The van der Waals surface area contributed by atoms with Crippen LogP contribution in [0.2, 0.25) is 0 Å². The first-order chi connectivity index (χ1) is 12.0. The Kier molecular flexibility index (Phi) is 5.20. The molecule has 3 rings (SSSR count). The largest absolute Gasteiger partial charge is 0.506 e. The summed E-state index contributed by atoms with van der Waals surface area (Å²) in [6, 6.07) is 8.86. The maximum absolute atomic E-state index is 12.2. The van der Waals surface area contributed by atoms with E-state index in [1.807, 2.05) is 17.0 Å². The molecule has 0 aliphatic carbocycles. The molecule has 1 aromatic carbocycles. The van der Waals surface area contributed by atoms with Crippen LogP contribution in [0.3, 0.4) is 0 Å². The molecule has 0 atom stereocenters. The Bertz CT molecular complexity index is 769. The van der Waals surface area contributed by atoms with Gasteiger partial charge < -0.3 is 21.1 Å². The Hall–Kier alpha value is -2.58. The van der Waals surface area contributed by atoms with E-state index >= 15 is 0 Å². The minimum Gasteiger partial charge on any atom is -0.506 e. The Balaban J connectivity index is 1.52. The lowest BCUT2D eigenvalue weighted by molar-refractivity contribution is -0.117. The van der Waals surface area contributed by atoms with Gasteiger partial charge in [-0.2, -0.15) is 0 Å². The Morgan fingerprint density at radius 1 is 1.16 bits per heavy atom. The number of carbonyl (C=O) groups is 2. The van der Waals surface area contributed by atoms with E-state index in [1.165, 1.54) is 11.3 Å². The summed E-state index contributed by atoms with van der Waals surface area (Å²) >= 11 is 1.28. The third-order valence-corrected chi connectivity index (χ3v) is 4.98. The number of piperazine rings is 1. The molecule has 7 nitrogen and oxygen atoms in total. The van der Waals surface area contributed by atoms with E-state index in [0.29, 0.717) is 10.6 Å². The number of phenolic OH excluding ortho intramolecular Hbond substituents is 1. The van der Waals surface area contributed by atoms with Crippen molar-refractivity contribution >= 4 is 33.8 Å². The van der Waals surface area contributed by atoms with E-state index in [4.69, 9.17) is 5.73 Å². The van der Waals surface area contributed by atoms with E-state index in [1.54, 1.807) is 23.6 Å². The number of para-hydroxylation sites is 2. The van der Waals surface area contributed by atoms with Gasteiger partial charge in [0.15, 0.2) is 0 Å². The smallest absolute Gasteiger partial charge is 0.251 e. The summed E-state index contributed by atoms with van der Waals surface area (Å²) < 4.78 is 0. The monoisotopic (exact) mass is 360 g/mol. The van der Waals surface area contributed by atoms with Gasteiger partial charge in [0.1, 0.15) is 10.8 Å². The molecule has 1 saturated heterocycles. The second kappa shape index (κ2) is 7.54. The zero-order chi connectivity index (χ0) is 17.8.